The third kappa shape index (κ3) is 1.65. The third-order valence-electron chi connectivity index (χ3n) is 2.04. The van der Waals surface area contributed by atoms with Crippen molar-refractivity contribution in [3.05, 3.63) is 16.1 Å². The Labute approximate surface area is 75.8 Å². The van der Waals surface area contributed by atoms with Gasteiger partial charge in [0.25, 0.3) is 0 Å². The molecule has 0 aliphatic carbocycles. The third-order valence-corrected chi connectivity index (χ3v) is 2.84. The molecule has 0 unspecified atom stereocenters. The number of rotatable bonds is 3. The van der Waals surface area contributed by atoms with E-state index in [9.17, 15) is 0 Å². The summed E-state index contributed by atoms with van der Waals surface area (Å²) in [7, 11) is 0. The molecule has 3 nitrogen and oxygen atoms in total. The summed E-state index contributed by atoms with van der Waals surface area (Å²) < 4.78 is 5.05. The molecule has 1 saturated heterocycles. The van der Waals surface area contributed by atoms with E-state index in [1.54, 1.807) is 11.3 Å². The number of ether oxygens (including phenoxy) is 1. The van der Waals surface area contributed by atoms with E-state index in [2.05, 4.69) is 17.2 Å². The number of nitrogens with one attached hydrogen (secondary N) is 1. The fraction of sp³-hybridized carbons (Fsp3) is 0.625. The number of thiazole rings is 1. The average molecular weight is 184 g/mol. The van der Waals surface area contributed by atoms with Crippen LogP contribution in [0, 0.1) is 6.92 Å². The molecular weight excluding hydrogens is 172 g/mol. The molecule has 0 radical (unpaired) electrons. The Kier molecular flexibility index (Phi) is 2.39. The lowest BCUT2D eigenvalue weighted by molar-refractivity contribution is -0.00591. The minimum absolute atomic E-state index is 0.547. The number of nitrogens with zero attached hydrogens (tertiary/aromatic N) is 1. The summed E-state index contributed by atoms with van der Waals surface area (Å²) in [5.74, 6) is 0. The first-order valence-electron chi connectivity index (χ1n) is 4.06. The Bertz CT molecular complexity index is 257. The van der Waals surface area contributed by atoms with Gasteiger partial charge in [-0.1, -0.05) is 0 Å². The van der Waals surface area contributed by atoms with E-state index in [1.807, 2.05) is 5.51 Å². The van der Waals surface area contributed by atoms with E-state index < -0.39 is 0 Å². The quantitative estimate of drug-likeness (QED) is 0.759. The van der Waals surface area contributed by atoms with Gasteiger partial charge in [-0.3, -0.25) is 0 Å². The number of hydrogen-bond acceptors (Lipinski definition) is 4. The topological polar surface area (TPSA) is 34.2 Å². The zero-order valence-electron chi connectivity index (χ0n) is 7.04. The van der Waals surface area contributed by atoms with Gasteiger partial charge in [0.15, 0.2) is 0 Å². The smallest absolute Gasteiger partial charge is 0.0798 e. The highest BCUT2D eigenvalue weighted by Crippen LogP contribution is 2.11. The Hall–Kier alpha value is -0.450. The van der Waals surface area contributed by atoms with Crippen LogP contribution in [0.15, 0.2) is 5.51 Å². The maximum atomic E-state index is 5.05. The maximum absolute atomic E-state index is 5.05. The van der Waals surface area contributed by atoms with E-state index >= 15 is 0 Å². The predicted molar refractivity (Wildman–Crippen MR) is 48.3 cm³/mol. The van der Waals surface area contributed by atoms with Crippen LogP contribution in [-0.4, -0.2) is 24.2 Å². The molecule has 2 heterocycles. The van der Waals surface area contributed by atoms with E-state index in [4.69, 9.17) is 4.74 Å². The van der Waals surface area contributed by atoms with Crippen molar-refractivity contribution in [3.63, 3.8) is 0 Å². The summed E-state index contributed by atoms with van der Waals surface area (Å²) in [6, 6.07) is 0.547. The van der Waals surface area contributed by atoms with Crippen LogP contribution >= 0.6 is 11.3 Å². The van der Waals surface area contributed by atoms with Crippen LogP contribution < -0.4 is 5.32 Å². The summed E-state index contributed by atoms with van der Waals surface area (Å²) in [6.07, 6.45) is 0. The van der Waals surface area contributed by atoms with Gasteiger partial charge < -0.3 is 10.1 Å². The van der Waals surface area contributed by atoms with Crippen molar-refractivity contribution in [1.82, 2.24) is 10.3 Å². The molecule has 1 aliphatic rings. The van der Waals surface area contributed by atoms with Crippen LogP contribution in [0.1, 0.15) is 10.6 Å². The maximum Gasteiger partial charge on any atom is 0.0798 e. The van der Waals surface area contributed by atoms with Crippen LogP contribution in [0.5, 0.6) is 0 Å². The fourth-order valence-electron chi connectivity index (χ4n) is 1.09. The van der Waals surface area contributed by atoms with E-state index in [-0.39, 0.29) is 0 Å². The summed E-state index contributed by atoms with van der Waals surface area (Å²) in [5, 5.41) is 3.38. The number of aryl methyl sites for hydroxylation is 1. The molecule has 0 aromatic carbocycles. The van der Waals surface area contributed by atoms with E-state index in [0.29, 0.717) is 6.04 Å². The van der Waals surface area contributed by atoms with Crippen LogP contribution in [0.25, 0.3) is 0 Å². The molecule has 1 fully saturated rings. The highest BCUT2D eigenvalue weighted by molar-refractivity contribution is 7.09. The van der Waals surface area contributed by atoms with Crippen molar-refractivity contribution in [2.75, 3.05) is 13.2 Å². The summed E-state index contributed by atoms with van der Waals surface area (Å²) in [4.78, 5) is 5.57. The van der Waals surface area contributed by atoms with Crippen molar-refractivity contribution >= 4 is 11.3 Å². The zero-order valence-corrected chi connectivity index (χ0v) is 7.86. The van der Waals surface area contributed by atoms with Crippen LogP contribution in [0.4, 0.5) is 0 Å². The monoisotopic (exact) mass is 184 g/mol. The highest BCUT2D eigenvalue weighted by atomic mass is 32.1. The molecule has 0 atom stereocenters. The van der Waals surface area contributed by atoms with Gasteiger partial charge in [0.05, 0.1) is 30.5 Å². The molecule has 12 heavy (non-hydrogen) atoms. The first-order valence-corrected chi connectivity index (χ1v) is 4.94. The second-order valence-electron chi connectivity index (χ2n) is 2.97. The van der Waals surface area contributed by atoms with Crippen molar-refractivity contribution in [2.45, 2.75) is 19.5 Å². The molecule has 0 saturated carbocycles. The number of aromatic nitrogens is 1. The van der Waals surface area contributed by atoms with Crippen molar-refractivity contribution in [2.24, 2.45) is 0 Å². The summed E-state index contributed by atoms with van der Waals surface area (Å²) in [6.45, 7) is 4.68. The van der Waals surface area contributed by atoms with Gasteiger partial charge in [-0.05, 0) is 6.92 Å². The molecule has 66 valence electrons. The Morgan fingerprint density at radius 3 is 3.08 bits per heavy atom. The molecule has 2 rings (SSSR count). The Balaban J connectivity index is 1.82. The minimum atomic E-state index is 0.547. The van der Waals surface area contributed by atoms with Crippen molar-refractivity contribution in [1.29, 1.82) is 0 Å². The first-order chi connectivity index (χ1) is 5.86. The lowest BCUT2D eigenvalue weighted by atomic mass is 10.2. The van der Waals surface area contributed by atoms with Gasteiger partial charge in [0, 0.05) is 11.4 Å². The van der Waals surface area contributed by atoms with Crippen LogP contribution in [0.2, 0.25) is 0 Å². The van der Waals surface area contributed by atoms with Gasteiger partial charge in [-0.15, -0.1) is 11.3 Å². The average Bonchev–Trinajstić information content (AvgIpc) is 2.33. The van der Waals surface area contributed by atoms with E-state index in [0.717, 1.165) is 19.8 Å². The molecular formula is C8H12N2OS. The molecule has 0 amide bonds. The van der Waals surface area contributed by atoms with Crippen molar-refractivity contribution < 1.29 is 4.74 Å². The first kappa shape index (κ1) is 8.16. The zero-order chi connectivity index (χ0) is 8.39. The lowest BCUT2D eigenvalue weighted by Crippen LogP contribution is -2.45. The minimum Gasteiger partial charge on any atom is -0.378 e. The normalized spacial score (nSPS) is 17.8. The van der Waals surface area contributed by atoms with Gasteiger partial charge in [-0.25, -0.2) is 4.98 Å². The van der Waals surface area contributed by atoms with Crippen LogP contribution in [0.3, 0.4) is 0 Å². The summed E-state index contributed by atoms with van der Waals surface area (Å²) in [5.41, 5.74) is 3.07. The molecule has 0 bridgehead atoms. The second kappa shape index (κ2) is 3.51. The molecule has 0 spiro atoms. The van der Waals surface area contributed by atoms with E-state index in [1.165, 1.54) is 10.6 Å². The Morgan fingerprint density at radius 2 is 2.58 bits per heavy atom. The SMILES string of the molecule is Cc1scnc1CNC1COC1. The predicted octanol–water partition coefficient (Wildman–Crippen LogP) is 0.940. The molecule has 4 heteroatoms. The lowest BCUT2D eigenvalue weighted by Gasteiger charge is -2.26. The molecule has 1 aliphatic heterocycles. The largest absolute Gasteiger partial charge is 0.378 e. The molecule has 1 aromatic rings. The molecule has 1 N–H and O–H groups in total. The highest BCUT2D eigenvalue weighted by Gasteiger charge is 2.17. The van der Waals surface area contributed by atoms with Gasteiger partial charge >= 0.3 is 0 Å². The Morgan fingerprint density at radius 1 is 1.75 bits per heavy atom. The van der Waals surface area contributed by atoms with Crippen LogP contribution in [-0.2, 0) is 11.3 Å². The fourth-order valence-corrected chi connectivity index (χ4v) is 1.69. The molecule has 1 aromatic heterocycles. The standard InChI is InChI=1S/C8H12N2OS/c1-6-8(10-5-12-6)2-9-7-3-11-4-7/h5,7,9H,2-4H2,1H3. The van der Waals surface area contributed by atoms with Gasteiger partial charge in [0.2, 0.25) is 0 Å². The number of hydrogen-bond donors (Lipinski definition) is 1. The van der Waals surface area contributed by atoms with Gasteiger partial charge in [0.1, 0.15) is 0 Å². The summed E-state index contributed by atoms with van der Waals surface area (Å²) >= 11 is 1.70. The van der Waals surface area contributed by atoms with Gasteiger partial charge in [-0.2, -0.15) is 0 Å². The second-order valence-corrected chi connectivity index (χ2v) is 4.03. The van der Waals surface area contributed by atoms with Crippen molar-refractivity contribution in [3.8, 4) is 0 Å².